The van der Waals surface area contributed by atoms with Crippen LogP contribution in [0.4, 0.5) is 0 Å². The molecule has 0 atom stereocenters. The van der Waals surface area contributed by atoms with E-state index in [4.69, 9.17) is 4.42 Å². The molecule has 0 saturated heterocycles. The number of aliphatic imine (C=N–C) groups is 1. The van der Waals surface area contributed by atoms with Gasteiger partial charge in [-0.3, -0.25) is 14.4 Å². The Bertz CT molecular complexity index is 1570. The maximum absolute atomic E-state index is 13.8. The minimum atomic E-state index is -0.334. The van der Waals surface area contributed by atoms with E-state index in [1.54, 1.807) is 23.9 Å². The van der Waals surface area contributed by atoms with Crippen LogP contribution < -0.4 is 21.7 Å². The van der Waals surface area contributed by atoms with Gasteiger partial charge in [-0.1, -0.05) is 37.1 Å². The number of benzene rings is 1. The molecule has 0 radical (unpaired) electrons. The Kier molecular flexibility index (Phi) is 5.68. The summed E-state index contributed by atoms with van der Waals surface area (Å²) in [4.78, 5) is 36.3. The molecular formula is C25H24N4O3S. The van der Waals surface area contributed by atoms with Gasteiger partial charge in [-0.25, -0.2) is 14.3 Å². The van der Waals surface area contributed by atoms with Crippen molar-refractivity contribution in [1.82, 2.24) is 14.1 Å². The Morgan fingerprint density at radius 1 is 1.30 bits per heavy atom. The zero-order chi connectivity index (χ0) is 22.9. The van der Waals surface area contributed by atoms with Gasteiger partial charge in [0, 0.05) is 28.9 Å². The summed E-state index contributed by atoms with van der Waals surface area (Å²) in [6.45, 7) is 5.93. The van der Waals surface area contributed by atoms with E-state index in [-0.39, 0.29) is 11.2 Å². The van der Waals surface area contributed by atoms with Crippen molar-refractivity contribution in [2.45, 2.75) is 39.2 Å². The minimum Gasteiger partial charge on any atom is -0.444 e. The summed E-state index contributed by atoms with van der Waals surface area (Å²) in [5.74, 6) is 0.868. The van der Waals surface area contributed by atoms with Gasteiger partial charge in [0.2, 0.25) is 5.89 Å². The fourth-order valence-corrected chi connectivity index (χ4v) is 5.71. The predicted molar refractivity (Wildman–Crippen MR) is 132 cm³/mol. The van der Waals surface area contributed by atoms with Gasteiger partial charge in [-0.05, 0) is 38.5 Å². The number of thiophene rings is 1. The van der Waals surface area contributed by atoms with E-state index in [1.807, 2.05) is 30.3 Å². The maximum Gasteiger partial charge on any atom is 0.335 e. The molecule has 8 heteroatoms. The highest BCUT2D eigenvalue weighted by Crippen LogP contribution is 2.32. The van der Waals surface area contributed by atoms with E-state index in [0.717, 1.165) is 28.2 Å². The van der Waals surface area contributed by atoms with Gasteiger partial charge in [0.25, 0.3) is 5.56 Å². The molecule has 1 fully saturated rings. The number of rotatable bonds is 5. The van der Waals surface area contributed by atoms with Crippen LogP contribution in [-0.4, -0.2) is 20.8 Å². The standard InChI is InChI=1S/C25H24N4O3S/c1-16(19-10-6-5-9-18(19)14-26-2)29-24(30)22-20(13-21(33-22)23-27-11-12-32-23)28(25(29)31)15-17-7-3-4-8-17/h5-6,9-14,17H,2-4,7-8,15H2,1H3/b18-14-,19-16+. The van der Waals surface area contributed by atoms with Crippen LogP contribution in [0.1, 0.15) is 32.6 Å². The molecule has 1 aliphatic carbocycles. The fourth-order valence-electron chi connectivity index (χ4n) is 4.68. The van der Waals surface area contributed by atoms with Gasteiger partial charge >= 0.3 is 5.69 Å². The molecule has 0 spiro atoms. The molecule has 1 aliphatic rings. The Morgan fingerprint density at radius 3 is 2.82 bits per heavy atom. The monoisotopic (exact) mass is 460 g/mol. The van der Waals surface area contributed by atoms with E-state index in [2.05, 4.69) is 16.7 Å². The van der Waals surface area contributed by atoms with Gasteiger partial charge in [-0.15, -0.1) is 11.3 Å². The van der Waals surface area contributed by atoms with Crippen molar-refractivity contribution in [2.75, 3.05) is 0 Å². The molecular weight excluding hydrogens is 436 g/mol. The molecule has 3 aromatic heterocycles. The lowest BCUT2D eigenvalue weighted by Crippen LogP contribution is -2.42. The van der Waals surface area contributed by atoms with E-state index in [9.17, 15) is 9.59 Å². The van der Waals surface area contributed by atoms with Crippen molar-refractivity contribution < 1.29 is 4.42 Å². The highest BCUT2D eigenvalue weighted by Gasteiger charge is 2.23. The number of oxazole rings is 1. The van der Waals surface area contributed by atoms with Gasteiger partial charge in [-0.2, -0.15) is 0 Å². The third kappa shape index (κ3) is 3.80. The topological polar surface area (TPSA) is 82.4 Å². The first-order valence-corrected chi connectivity index (χ1v) is 11.8. The van der Waals surface area contributed by atoms with Gasteiger partial charge in [0.1, 0.15) is 11.0 Å². The third-order valence-electron chi connectivity index (χ3n) is 6.30. The van der Waals surface area contributed by atoms with Crippen LogP contribution in [0, 0.1) is 5.92 Å². The molecule has 1 saturated carbocycles. The largest absolute Gasteiger partial charge is 0.444 e. The van der Waals surface area contributed by atoms with Crippen LogP contribution in [0.5, 0.6) is 0 Å². The van der Waals surface area contributed by atoms with E-state index < -0.39 is 0 Å². The van der Waals surface area contributed by atoms with E-state index in [1.165, 1.54) is 35.0 Å². The Morgan fingerprint density at radius 2 is 2.09 bits per heavy atom. The Balaban J connectivity index is 1.84. The smallest absolute Gasteiger partial charge is 0.335 e. The molecule has 5 rings (SSSR count). The van der Waals surface area contributed by atoms with E-state index in [0.29, 0.717) is 34.3 Å². The highest BCUT2D eigenvalue weighted by atomic mass is 32.1. The summed E-state index contributed by atoms with van der Waals surface area (Å²) in [5.41, 5.74) is 0.551. The second kappa shape index (κ2) is 8.78. The van der Waals surface area contributed by atoms with Crippen molar-refractivity contribution in [1.29, 1.82) is 0 Å². The summed E-state index contributed by atoms with van der Waals surface area (Å²) in [6.07, 6.45) is 9.24. The molecule has 0 unspecified atom stereocenters. The number of nitrogens with zero attached hydrogens (tertiary/aromatic N) is 4. The Hall–Kier alpha value is -3.52. The quantitative estimate of drug-likeness (QED) is 0.428. The number of aromatic nitrogens is 3. The van der Waals surface area contributed by atoms with Gasteiger partial charge in [0.05, 0.1) is 16.6 Å². The Labute approximate surface area is 193 Å². The summed E-state index contributed by atoms with van der Waals surface area (Å²) in [7, 11) is 0. The maximum atomic E-state index is 13.8. The van der Waals surface area contributed by atoms with Crippen molar-refractivity contribution >= 4 is 40.2 Å². The van der Waals surface area contributed by atoms with Crippen LogP contribution in [0.15, 0.2) is 61.8 Å². The predicted octanol–water partition coefficient (Wildman–Crippen LogP) is 3.18. The molecule has 0 N–H and O–H groups in total. The molecule has 3 heterocycles. The lowest BCUT2D eigenvalue weighted by molar-refractivity contribution is 0.449. The van der Waals surface area contributed by atoms with Crippen LogP contribution in [0.25, 0.3) is 32.9 Å². The first-order valence-electron chi connectivity index (χ1n) is 11.0. The van der Waals surface area contributed by atoms with Crippen LogP contribution in [0.3, 0.4) is 0 Å². The second-order valence-electron chi connectivity index (χ2n) is 8.33. The number of fused-ring (bicyclic) bond motifs is 1. The normalized spacial score (nSPS) is 16.0. The minimum absolute atomic E-state index is 0.324. The van der Waals surface area contributed by atoms with Crippen LogP contribution in [0.2, 0.25) is 0 Å². The average Bonchev–Trinajstić information content (AvgIpc) is 3.59. The van der Waals surface area contributed by atoms with Crippen molar-refractivity contribution in [3.8, 4) is 10.8 Å². The van der Waals surface area contributed by atoms with Gasteiger partial charge < -0.3 is 4.42 Å². The molecule has 0 bridgehead atoms. The molecule has 1 aromatic carbocycles. The SMILES string of the molecule is C=N/C=c1/cccc/c1=C(/C)n1c(=O)c2sc(-c3ncco3)cc2n(CC2CCCC2)c1=O. The summed E-state index contributed by atoms with van der Waals surface area (Å²) >= 11 is 1.30. The highest BCUT2D eigenvalue weighted by molar-refractivity contribution is 7.22. The fraction of sp³-hybridized carbons (Fsp3) is 0.280. The molecule has 7 nitrogen and oxygen atoms in total. The zero-order valence-corrected chi connectivity index (χ0v) is 19.2. The number of hydrogen-bond donors (Lipinski definition) is 0. The second-order valence-corrected chi connectivity index (χ2v) is 9.38. The van der Waals surface area contributed by atoms with Crippen LogP contribution >= 0.6 is 11.3 Å². The molecule has 4 aromatic rings. The molecule has 0 aliphatic heterocycles. The molecule has 33 heavy (non-hydrogen) atoms. The molecule has 168 valence electrons. The van der Waals surface area contributed by atoms with Crippen LogP contribution in [-0.2, 0) is 6.54 Å². The number of hydrogen-bond acceptors (Lipinski definition) is 6. The lowest BCUT2D eigenvalue weighted by Gasteiger charge is -2.16. The van der Waals surface area contributed by atoms with Crippen molar-refractivity contribution in [3.63, 3.8) is 0 Å². The summed E-state index contributed by atoms with van der Waals surface area (Å²) < 4.78 is 9.03. The molecule has 0 amide bonds. The third-order valence-corrected chi connectivity index (χ3v) is 7.40. The van der Waals surface area contributed by atoms with Crippen molar-refractivity contribution in [3.05, 3.63) is 74.1 Å². The van der Waals surface area contributed by atoms with Gasteiger partial charge in [0.15, 0.2) is 0 Å². The average molecular weight is 461 g/mol. The summed E-state index contributed by atoms with van der Waals surface area (Å²) in [5, 5.41) is 1.56. The zero-order valence-electron chi connectivity index (χ0n) is 18.4. The lowest BCUT2D eigenvalue weighted by atomic mass is 10.1. The summed E-state index contributed by atoms with van der Waals surface area (Å²) in [6, 6.07) is 9.40. The first kappa shape index (κ1) is 21.3. The van der Waals surface area contributed by atoms with Crippen molar-refractivity contribution in [2.24, 2.45) is 10.9 Å². The first-order chi connectivity index (χ1) is 16.1. The van der Waals surface area contributed by atoms with E-state index >= 15 is 0 Å².